The number of ether oxygens (including phenoxy) is 2. The molecule has 1 aliphatic heterocycles. The Kier molecular flexibility index (Phi) is 12.2. The maximum absolute atomic E-state index is 13.9. The van der Waals surface area contributed by atoms with Gasteiger partial charge in [0.1, 0.15) is 17.3 Å². The van der Waals surface area contributed by atoms with Crippen LogP contribution in [0, 0.1) is 23.6 Å². The van der Waals surface area contributed by atoms with Crippen molar-refractivity contribution in [1.29, 1.82) is 0 Å². The lowest BCUT2D eigenvalue weighted by atomic mass is 9.73. The minimum absolute atomic E-state index is 0.150. The molecule has 1 amide bonds. The lowest BCUT2D eigenvalue weighted by Crippen LogP contribution is -2.48. The maximum atomic E-state index is 13.9. The van der Waals surface area contributed by atoms with E-state index in [1.54, 1.807) is 19.2 Å². The normalized spacial score (nSPS) is 18.1. The number of hydrogen-bond acceptors (Lipinski definition) is 5. The molecular formula is C32H47FN2O4. The molecule has 0 radical (unpaired) electrons. The third kappa shape index (κ3) is 9.02. The number of carbonyl (C=O) groups excluding carboxylic acids is 1. The van der Waals surface area contributed by atoms with Gasteiger partial charge in [0.15, 0.2) is 0 Å². The highest BCUT2D eigenvalue weighted by Crippen LogP contribution is 2.44. The smallest absolute Gasteiger partial charge is 0.222 e. The van der Waals surface area contributed by atoms with E-state index in [-0.39, 0.29) is 23.6 Å². The summed E-state index contributed by atoms with van der Waals surface area (Å²) in [5, 5.41) is 15.7. The van der Waals surface area contributed by atoms with Crippen LogP contribution in [0.2, 0.25) is 0 Å². The van der Waals surface area contributed by atoms with E-state index in [9.17, 15) is 14.3 Å². The molecule has 6 nitrogen and oxygen atoms in total. The molecule has 1 aliphatic rings. The first-order valence-electron chi connectivity index (χ1n) is 14.4. The van der Waals surface area contributed by atoms with Crippen molar-refractivity contribution in [3.05, 3.63) is 59.9 Å². The molecule has 0 spiro atoms. The zero-order valence-electron chi connectivity index (χ0n) is 24.1. The van der Waals surface area contributed by atoms with Gasteiger partial charge in [0.25, 0.3) is 0 Å². The number of aliphatic hydroxyl groups is 1. The number of hydrogen-bond donors (Lipinski definition) is 2. The summed E-state index contributed by atoms with van der Waals surface area (Å²) in [6.45, 7) is 7.03. The zero-order chi connectivity index (χ0) is 28.3. The molecule has 1 saturated heterocycles. The summed E-state index contributed by atoms with van der Waals surface area (Å²) in [6, 6.07) is 13.5. The summed E-state index contributed by atoms with van der Waals surface area (Å²) in [5.41, 5.74) is -0.530. The molecule has 39 heavy (non-hydrogen) atoms. The SMILES string of the molecule is CNC[C@@H](CC(=O)N1CCC[C@@H]([C@@](O)(CCCCOC)c2ccccc2Oc2cccc(F)c2)C1)CC(C)C. The predicted octanol–water partition coefficient (Wildman–Crippen LogP) is 6.13. The summed E-state index contributed by atoms with van der Waals surface area (Å²) in [5.74, 6) is 1.33. The molecule has 0 saturated carbocycles. The van der Waals surface area contributed by atoms with Crippen LogP contribution in [0.15, 0.2) is 48.5 Å². The van der Waals surface area contributed by atoms with Gasteiger partial charge >= 0.3 is 0 Å². The lowest BCUT2D eigenvalue weighted by molar-refractivity contribution is -0.138. The van der Waals surface area contributed by atoms with Gasteiger partial charge < -0.3 is 24.8 Å². The Morgan fingerprint density at radius 2 is 2.00 bits per heavy atom. The van der Waals surface area contributed by atoms with Crippen LogP contribution >= 0.6 is 0 Å². The van der Waals surface area contributed by atoms with Gasteiger partial charge in [-0.3, -0.25) is 4.79 Å². The largest absolute Gasteiger partial charge is 0.457 e. The van der Waals surface area contributed by atoms with Crippen molar-refractivity contribution in [2.24, 2.45) is 17.8 Å². The van der Waals surface area contributed by atoms with Crippen molar-refractivity contribution in [2.45, 2.75) is 64.4 Å². The Balaban J connectivity index is 1.86. The quantitative estimate of drug-likeness (QED) is 0.265. The number of nitrogens with zero attached hydrogens (tertiary/aromatic N) is 1. The number of carbonyl (C=O) groups is 1. The molecule has 7 heteroatoms. The van der Waals surface area contributed by atoms with E-state index in [2.05, 4.69) is 19.2 Å². The fourth-order valence-electron chi connectivity index (χ4n) is 5.93. The predicted molar refractivity (Wildman–Crippen MR) is 153 cm³/mol. The Morgan fingerprint density at radius 3 is 2.72 bits per heavy atom. The number of amides is 1. The van der Waals surface area contributed by atoms with Gasteiger partial charge in [-0.25, -0.2) is 4.39 Å². The zero-order valence-corrected chi connectivity index (χ0v) is 24.1. The number of nitrogens with one attached hydrogen (secondary N) is 1. The Morgan fingerprint density at radius 1 is 1.21 bits per heavy atom. The molecule has 0 aromatic heterocycles. The topological polar surface area (TPSA) is 71.0 Å². The highest BCUT2D eigenvalue weighted by molar-refractivity contribution is 5.76. The number of piperidine rings is 1. The van der Waals surface area contributed by atoms with Gasteiger partial charge in [0, 0.05) is 50.8 Å². The van der Waals surface area contributed by atoms with Crippen molar-refractivity contribution >= 4 is 5.91 Å². The van der Waals surface area contributed by atoms with E-state index in [0.29, 0.717) is 55.5 Å². The Hall–Kier alpha value is -2.48. The van der Waals surface area contributed by atoms with Gasteiger partial charge in [-0.05, 0) is 82.2 Å². The summed E-state index contributed by atoms with van der Waals surface area (Å²) in [4.78, 5) is 15.4. The average Bonchev–Trinajstić information content (AvgIpc) is 2.91. The second kappa shape index (κ2) is 15.3. The fourth-order valence-corrected chi connectivity index (χ4v) is 5.93. The minimum atomic E-state index is -1.21. The molecule has 2 aromatic rings. The van der Waals surface area contributed by atoms with E-state index in [1.165, 1.54) is 12.1 Å². The molecule has 1 fully saturated rings. The molecular weight excluding hydrogens is 495 g/mol. The maximum Gasteiger partial charge on any atom is 0.222 e. The minimum Gasteiger partial charge on any atom is -0.457 e. The molecule has 2 N–H and O–H groups in total. The standard InChI is InChI=1S/C32H47FN2O4/c1-24(2)19-25(22-34-3)20-31(36)35-17-10-11-26(23-35)32(37,16-7-8-18-38-4)29-14-5-6-15-30(29)39-28-13-9-12-27(33)21-28/h5-6,9,12-15,21,24-26,34,37H,7-8,10-11,16-20,22-23H2,1-4H3/t25-,26-,32+/m1/s1. The lowest BCUT2D eigenvalue weighted by Gasteiger charge is -2.43. The third-order valence-corrected chi connectivity index (χ3v) is 7.74. The average molecular weight is 543 g/mol. The van der Waals surface area contributed by atoms with Crippen LogP contribution in [-0.2, 0) is 15.1 Å². The highest BCUT2D eigenvalue weighted by atomic mass is 19.1. The van der Waals surface area contributed by atoms with Crippen LogP contribution < -0.4 is 10.1 Å². The molecule has 3 rings (SSSR count). The van der Waals surface area contributed by atoms with Gasteiger partial charge in [0.2, 0.25) is 5.91 Å². The number of likely N-dealkylation sites (tertiary alicyclic amines) is 1. The van der Waals surface area contributed by atoms with Crippen molar-refractivity contribution < 1.29 is 23.8 Å². The van der Waals surface area contributed by atoms with Gasteiger partial charge in [-0.15, -0.1) is 0 Å². The van der Waals surface area contributed by atoms with Gasteiger partial charge in [-0.1, -0.05) is 38.1 Å². The fraction of sp³-hybridized carbons (Fsp3) is 0.594. The number of methoxy groups -OCH3 is 1. The third-order valence-electron chi connectivity index (χ3n) is 7.74. The van der Waals surface area contributed by atoms with Crippen LogP contribution in [0.3, 0.4) is 0 Å². The van der Waals surface area contributed by atoms with Crippen LogP contribution in [0.5, 0.6) is 11.5 Å². The van der Waals surface area contributed by atoms with E-state index in [0.717, 1.165) is 38.6 Å². The van der Waals surface area contributed by atoms with Crippen LogP contribution in [0.4, 0.5) is 4.39 Å². The number of unbranched alkanes of at least 4 members (excludes halogenated alkanes) is 1. The summed E-state index contributed by atoms with van der Waals surface area (Å²) >= 11 is 0. The van der Waals surface area contributed by atoms with Crippen LogP contribution in [-0.4, -0.2) is 56.3 Å². The first kappa shape index (κ1) is 31.1. The van der Waals surface area contributed by atoms with E-state index in [1.807, 2.05) is 36.2 Å². The van der Waals surface area contributed by atoms with Crippen LogP contribution in [0.1, 0.15) is 64.4 Å². The number of halogens is 1. The van der Waals surface area contributed by atoms with E-state index >= 15 is 0 Å². The molecule has 216 valence electrons. The Labute approximate surface area is 233 Å². The first-order chi connectivity index (χ1) is 18.8. The second-order valence-corrected chi connectivity index (χ2v) is 11.4. The molecule has 0 bridgehead atoms. The van der Waals surface area contributed by atoms with Crippen LogP contribution in [0.25, 0.3) is 0 Å². The molecule has 3 atom stereocenters. The second-order valence-electron chi connectivity index (χ2n) is 11.4. The highest BCUT2D eigenvalue weighted by Gasteiger charge is 2.43. The van der Waals surface area contributed by atoms with Crippen molar-refractivity contribution in [1.82, 2.24) is 10.2 Å². The monoisotopic (exact) mass is 542 g/mol. The number of benzene rings is 2. The molecule has 0 unspecified atom stereocenters. The van der Waals surface area contributed by atoms with Crippen molar-refractivity contribution in [3.63, 3.8) is 0 Å². The van der Waals surface area contributed by atoms with Gasteiger partial charge in [-0.2, -0.15) is 0 Å². The summed E-state index contributed by atoms with van der Waals surface area (Å²) in [6.07, 6.45) is 5.26. The first-order valence-corrected chi connectivity index (χ1v) is 14.4. The van der Waals surface area contributed by atoms with E-state index in [4.69, 9.17) is 9.47 Å². The number of rotatable bonds is 15. The van der Waals surface area contributed by atoms with E-state index < -0.39 is 5.60 Å². The van der Waals surface area contributed by atoms with Crippen molar-refractivity contribution in [2.75, 3.05) is 40.4 Å². The molecule has 0 aliphatic carbocycles. The molecule has 2 aromatic carbocycles. The van der Waals surface area contributed by atoms with Gasteiger partial charge in [0.05, 0.1) is 5.60 Å². The summed E-state index contributed by atoms with van der Waals surface area (Å²) < 4.78 is 25.3. The summed E-state index contributed by atoms with van der Waals surface area (Å²) in [7, 11) is 3.61. The Bertz CT molecular complexity index is 1030. The number of para-hydroxylation sites is 1. The van der Waals surface area contributed by atoms with Crippen molar-refractivity contribution in [3.8, 4) is 11.5 Å². The molecule has 1 heterocycles.